The van der Waals surface area contributed by atoms with E-state index in [2.05, 4.69) is 29.4 Å². The molecule has 35 heavy (non-hydrogen) atoms. The van der Waals surface area contributed by atoms with E-state index in [1.54, 1.807) is 32.2 Å². The lowest BCUT2D eigenvalue weighted by atomic mass is 10.1. The van der Waals surface area contributed by atoms with E-state index in [9.17, 15) is 14.0 Å². The summed E-state index contributed by atoms with van der Waals surface area (Å²) in [7, 11) is 1.61. The first-order chi connectivity index (χ1) is 16.7. The van der Waals surface area contributed by atoms with Crippen molar-refractivity contribution < 1.29 is 14.0 Å². The standard InChI is InChI=1S/C26H32FN5O2S/c1-6-19-11-7-10-14-22(19)28-23(33)16-31(5)25(34)18(4)35-26-30-29-24(32(26)15-17(2)3)20-12-8-9-13-21(20)27/h7-14,17-18H,6,15-16H2,1-5H3,(H,28,33). The molecule has 0 aliphatic heterocycles. The van der Waals surface area contributed by atoms with Crippen molar-refractivity contribution in [2.24, 2.45) is 5.92 Å². The molecule has 0 saturated heterocycles. The molecule has 0 fully saturated rings. The van der Waals surface area contributed by atoms with Crippen molar-refractivity contribution in [3.63, 3.8) is 0 Å². The second-order valence-corrected chi connectivity index (χ2v) is 10.1. The number of hydrogen-bond donors (Lipinski definition) is 1. The molecule has 0 spiro atoms. The molecule has 2 amide bonds. The van der Waals surface area contributed by atoms with Gasteiger partial charge in [0.25, 0.3) is 0 Å². The van der Waals surface area contributed by atoms with E-state index in [0.29, 0.717) is 23.1 Å². The van der Waals surface area contributed by atoms with Gasteiger partial charge in [-0.1, -0.05) is 62.9 Å². The Morgan fingerprint density at radius 3 is 2.46 bits per heavy atom. The third kappa shape index (κ3) is 6.69. The van der Waals surface area contributed by atoms with Crippen LogP contribution in [0.4, 0.5) is 10.1 Å². The van der Waals surface area contributed by atoms with Gasteiger partial charge in [-0.15, -0.1) is 10.2 Å². The number of para-hydroxylation sites is 1. The Hall–Kier alpha value is -3.20. The van der Waals surface area contributed by atoms with Crippen LogP contribution in [0.25, 0.3) is 11.4 Å². The summed E-state index contributed by atoms with van der Waals surface area (Å²) in [6.45, 7) is 8.41. The van der Waals surface area contributed by atoms with Gasteiger partial charge in [-0.3, -0.25) is 9.59 Å². The van der Waals surface area contributed by atoms with Crippen molar-refractivity contribution in [1.82, 2.24) is 19.7 Å². The van der Waals surface area contributed by atoms with Crippen LogP contribution in [0.15, 0.2) is 53.7 Å². The normalized spacial score (nSPS) is 12.0. The molecule has 3 rings (SSSR count). The summed E-state index contributed by atoms with van der Waals surface area (Å²) in [4.78, 5) is 27.0. The number of nitrogens with zero attached hydrogens (tertiary/aromatic N) is 4. The van der Waals surface area contributed by atoms with Crippen molar-refractivity contribution in [1.29, 1.82) is 0 Å². The lowest BCUT2D eigenvalue weighted by Gasteiger charge is -2.21. The molecule has 9 heteroatoms. The minimum atomic E-state index is -0.515. The van der Waals surface area contributed by atoms with Crippen molar-refractivity contribution >= 4 is 29.3 Å². The van der Waals surface area contributed by atoms with Crippen molar-refractivity contribution in [3.8, 4) is 11.4 Å². The number of anilines is 1. The summed E-state index contributed by atoms with van der Waals surface area (Å²) in [6.07, 6.45) is 0.796. The monoisotopic (exact) mass is 497 g/mol. The molecule has 1 N–H and O–H groups in total. The number of halogens is 1. The lowest BCUT2D eigenvalue weighted by molar-refractivity contribution is -0.132. The van der Waals surface area contributed by atoms with Crippen LogP contribution in [0.1, 0.15) is 33.3 Å². The first-order valence-corrected chi connectivity index (χ1v) is 12.6. The SMILES string of the molecule is CCc1ccccc1NC(=O)CN(C)C(=O)C(C)Sc1nnc(-c2ccccc2F)n1CC(C)C. The van der Waals surface area contributed by atoms with E-state index in [4.69, 9.17) is 0 Å². The molecule has 0 aliphatic rings. The average Bonchev–Trinajstić information content (AvgIpc) is 3.20. The van der Waals surface area contributed by atoms with Gasteiger partial charge in [0.15, 0.2) is 11.0 Å². The fourth-order valence-electron chi connectivity index (χ4n) is 3.70. The van der Waals surface area contributed by atoms with Crippen LogP contribution in [0, 0.1) is 11.7 Å². The van der Waals surface area contributed by atoms with Crippen LogP contribution in [0.2, 0.25) is 0 Å². The van der Waals surface area contributed by atoms with Crippen molar-refractivity contribution in [3.05, 3.63) is 59.9 Å². The number of aryl methyl sites for hydroxylation is 1. The number of aromatic nitrogens is 3. The number of thioether (sulfide) groups is 1. The molecule has 1 aromatic heterocycles. The molecule has 186 valence electrons. The third-order valence-corrected chi connectivity index (χ3v) is 6.51. The number of benzene rings is 2. The number of carbonyl (C=O) groups excluding carboxylic acids is 2. The summed E-state index contributed by atoms with van der Waals surface area (Å²) >= 11 is 1.25. The van der Waals surface area contributed by atoms with Crippen LogP contribution >= 0.6 is 11.8 Å². The van der Waals surface area contributed by atoms with E-state index in [1.165, 1.54) is 22.7 Å². The predicted molar refractivity (Wildman–Crippen MR) is 138 cm³/mol. The highest BCUT2D eigenvalue weighted by atomic mass is 32.2. The van der Waals surface area contributed by atoms with Crippen LogP contribution in [0.3, 0.4) is 0 Å². The van der Waals surface area contributed by atoms with E-state index < -0.39 is 5.25 Å². The van der Waals surface area contributed by atoms with Gasteiger partial charge >= 0.3 is 0 Å². The largest absolute Gasteiger partial charge is 0.335 e. The Morgan fingerprint density at radius 1 is 1.09 bits per heavy atom. The Labute approximate surface area is 210 Å². The van der Waals surface area contributed by atoms with Crippen LogP contribution in [-0.4, -0.2) is 50.3 Å². The second kappa shape index (κ2) is 12.0. The topological polar surface area (TPSA) is 80.1 Å². The number of carbonyl (C=O) groups is 2. The Kier molecular flexibility index (Phi) is 9.03. The van der Waals surface area contributed by atoms with Gasteiger partial charge in [-0.05, 0) is 43.0 Å². The number of amides is 2. The van der Waals surface area contributed by atoms with E-state index >= 15 is 0 Å². The first kappa shape index (κ1) is 26.4. The van der Waals surface area contributed by atoms with Gasteiger partial charge < -0.3 is 14.8 Å². The minimum Gasteiger partial charge on any atom is -0.335 e. The molecule has 3 aromatic rings. The molecule has 0 radical (unpaired) electrons. The molecular weight excluding hydrogens is 465 g/mol. The minimum absolute atomic E-state index is 0.0685. The Bertz CT molecular complexity index is 1180. The maximum Gasteiger partial charge on any atom is 0.243 e. The van der Waals surface area contributed by atoms with Gasteiger partial charge in [0.05, 0.1) is 17.4 Å². The third-order valence-electron chi connectivity index (χ3n) is 5.44. The van der Waals surface area contributed by atoms with E-state index in [-0.39, 0.29) is 30.1 Å². The van der Waals surface area contributed by atoms with Gasteiger partial charge in [-0.25, -0.2) is 4.39 Å². The summed E-state index contributed by atoms with van der Waals surface area (Å²) in [6, 6.07) is 14.1. The number of hydrogen-bond acceptors (Lipinski definition) is 5. The van der Waals surface area contributed by atoms with Crippen LogP contribution in [-0.2, 0) is 22.6 Å². The molecule has 2 aromatic carbocycles. The zero-order valence-electron chi connectivity index (χ0n) is 20.8. The highest BCUT2D eigenvalue weighted by molar-refractivity contribution is 8.00. The second-order valence-electron chi connectivity index (χ2n) is 8.80. The van der Waals surface area contributed by atoms with Crippen molar-refractivity contribution in [2.45, 2.75) is 51.1 Å². The Morgan fingerprint density at radius 2 is 1.77 bits per heavy atom. The fourth-order valence-corrected chi connectivity index (χ4v) is 4.67. The van der Waals surface area contributed by atoms with Gasteiger partial charge in [0.2, 0.25) is 11.8 Å². The van der Waals surface area contributed by atoms with Crippen LogP contribution < -0.4 is 5.32 Å². The molecule has 0 saturated carbocycles. The zero-order valence-corrected chi connectivity index (χ0v) is 21.6. The average molecular weight is 498 g/mol. The molecule has 0 aliphatic carbocycles. The van der Waals surface area contributed by atoms with Crippen LogP contribution in [0.5, 0.6) is 0 Å². The van der Waals surface area contributed by atoms with Crippen molar-refractivity contribution in [2.75, 3.05) is 18.9 Å². The molecular formula is C26H32FN5O2S. The highest BCUT2D eigenvalue weighted by Gasteiger charge is 2.25. The first-order valence-electron chi connectivity index (χ1n) is 11.7. The number of nitrogens with one attached hydrogen (secondary N) is 1. The number of likely N-dealkylation sites (N-methyl/N-ethyl adjacent to an activating group) is 1. The maximum absolute atomic E-state index is 14.4. The van der Waals surface area contributed by atoms with E-state index in [1.807, 2.05) is 35.8 Å². The molecule has 1 atom stereocenters. The van der Waals surface area contributed by atoms with Gasteiger partial charge in [0.1, 0.15) is 5.82 Å². The highest BCUT2D eigenvalue weighted by Crippen LogP contribution is 2.29. The van der Waals surface area contributed by atoms with E-state index in [0.717, 1.165) is 17.7 Å². The zero-order chi connectivity index (χ0) is 25.5. The summed E-state index contributed by atoms with van der Waals surface area (Å²) in [5.74, 6) is -0.147. The lowest BCUT2D eigenvalue weighted by Crippen LogP contribution is -2.39. The summed E-state index contributed by atoms with van der Waals surface area (Å²) < 4.78 is 16.3. The predicted octanol–water partition coefficient (Wildman–Crippen LogP) is 4.88. The quantitative estimate of drug-likeness (QED) is 0.404. The fraction of sp³-hybridized carbons (Fsp3) is 0.385. The molecule has 1 unspecified atom stereocenters. The maximum atomic E-state index is 14.4. The summed E-state index contributed by atoms with van der Waals surface area (Å²) in [5.41, 5.74) is 2.16. The summed E-state index contributed by atoms with van der Waals surface area (Å²) in [5, 5.41) is 11.4. The smallest absolute Gasteiger partial charge is 0.243 e. The van der Waals surface area contributed by atoms with Gasteiger partial charge in [-0.2, -0.15) is 0 Å². The Balaban J connectivity index is 1.70. The molecule has 7 nitrogen and oxygen atoms in total. The number of rotatable bonds is 10. The molecule has 1 heterocycles. The molecule has 0 bridgehead atoms. The van der Waals surface area contributed by atoms with Gasteiger partial charge in [0, 0.05) is 19.3 Å².